The average Bonchev–Trinajstić information content (AvgIpc) is 2.65. The van der Waals surface area contributed by atoms with E-state index in [-0.39, 0.29) is 0 Å². The number of hydrogen-bond acceptors (Lipinski definition) is 4. The fourth-order valence-corrected chi connectivity index (χ4v) is 2.77. The van der Waals surface area contributed by atoms with Crippen LogP contribution in [0.5, 0.6) is 0 Å². The minimum absolute atomic E-state index is 0.413. The van der Waals surface area contributed by atoms with Gasteiger partial charge in [-0.05, 0) is 26.7 Å². The SMILES string of the molecule is Cc1csc(NC(C)N2CCCCC2)n1. The van der Waals surface area contributed by atoms with E-state index in [9.17, 15) is 0 Å². The van der Waals surface area contributed by atoms with E-state index in [1.807, 2.05) is 6.92 Å². The number of likely N-dealkylation sites (tertiary alicyclic amines) is 1. The zero-order chi connectivity index (χ0) is 10.7. The molecule has 0 aromatic carbocycles. The molecular formula is C11H19N3S. The van der Waals surface area contributed by atoms with Crippen molar-refractivity contribution in [3.63, 3.8) is 0 Å². The van der Waals surface area contributed by atoms with E-state index in [4.69, 9.17) is 0 Å². The van der Waals surface area contributed by atoms with Crippen LogP contribution in [0.15, 0.2) is 5.38 Å². The Morgan fingerprint density at radius 1 is 1.40 bits per heavy atom. The van der Waals surface area contributed by atoms with Crippen molar-refractivity contribution in [2.45, 2.75) is 39.3 Å². The van der Waals surface area contributed by atoms with Crippen molar-refractivity contribution in [1.29, 1.82) is 0 Å². The molecule has 1 atom stereocenters. The summed E-state index contributed by atoms with van der Waals surface area (Å²) in [5.74, 6) is 0. The van der Waals surface area contributed by atoms with Gasteiger partial charge < -0.3 is 5.32 Å². The summed E-state index contributed by atoms with van der Waals surface area (Å²) in [6.45, 7) is 6.70. The highest BCUT2D eigenvalue weighted by atomic mass is 32.1. The number of thiazole rings is 1. The number of rotatable bonds is 3. The van der Waals surface area contributed by atoms with Gasteiger partial charge in [0.1, 0.15) is 0 Å². The van der Waals surface area contributed by atoms with Crippen LogP contribution in [0.4, 0.5) is 5.13 Å². The molecule has 0 spiro atoms. The molecule has 1 unspecified atom stereocenters. The lowest BCUT2D eigenvalue weighted by Gasteiger charge is -2.32. The van der Waals surface area contributed by atoms with Gasteiger partial charge in [0.05, 0.1) is 11.9 Å². The Morgan fingerprint density at radius 3 is 2.73 bits per heavy atom. The fourth-order valence-electron chi connectivity index (χ4n) is 2.00. The Labute approximate surface area is 95.5 Å². The topological polar surface area (TPSA) is 28.2 Å². The molecule has 0 saturated carbocycles. The molecule has 0 aliphatic carbocycles. The van der Waals surface area contributed by atoms with Crippen LogP contribution in [0.1, 0.15) is 31.9 Å². The second kappa shape index (κ2) is 4.94. The van der Waals surface area contributed by atoms with Gasteiger partial charge >= 0.3 is 0 Å². The molecule has 4 heteroatoms. The summed E-state index contributed by atoms with van der Waals surface area (Å²) in [4.78, 5) is 6.93. The van der Waals surface area contributed by atoms with Crippen LogP contribution in [0.3, 0.4) is 0 Å². The van der Waals surface area contributed by atoms with E-state index in [1.165, 1.54) is 32.4 Å². The quantitative estimate of drug-likeness (QED) is 0.857. The Balaban J connectivity index is 1.88. The maximum Gasteiger partial charge on any atom is 0.184 e. The summed E-state index contributed by atoms with van der Waals surface area (Å²) >= 11 is 1.69. The van der Waals surface area contributed by atoms with Crippen molar-refractivity contribution in [1.82, 2.24) is 9.88 Å². The molecule has 1 aliphatic rings. The molecule has 1 aliphatic heterocycles. The standard InChI is InChI=1S/C11H19N3S/c1-9-8-15-11(12-9)13-10(2)14-6-4-3-5-7-14/h8,10H,3-7H2,1-2H3,(H,12,13). The number of nitrogens with zero attached hydrogens (tertiary/aromatic N) is 2. The molecule has 15 heavy (non-hydrogen) atoms. The number of aromatic nitrogens is 1. The maximum absolute atomic E-state index is 4.43. The smallest absolute Gasteiger partial charge is 0.184 e. The summed E-state index contributed by atoms with van der Waals surface area (Å²) in [5.41, 5.74) is 1.10. The predicted molar refractivity (Wildman–Crippen MR) is 65.4 cm³/mol. The van der Waals surface area contributed by atoms with Crippen LogP contribution in [0.2, 0.25) is 0 Å². The summed E-state index contributed by atoms with van der Waals surface area (Å²) in [7, 11) is 0. The van der Waals surface area contributed by atoms with Crippen molar-refractivity contribution in [2.24, 2.45) is 0 Å². The van der Waals surface area contributed by atoms with Crippen LogP contribution in [-0.2, 0) is 0 Å². The summed E-state index contributed by atoms with van der Waals surface area (Å²) in [6.07, 6.45) is 4.47. The minimum Gasteiger partial charge on any atom is -0.346 e. The van der Waals surface area contributed by atoms with Gasteiger partial charge in [-0.25, -0.2) is 4.98 Å². The first-order chi connectivity index (χ1) is 7.25. The highest BCUT2D eigenvalue weighted by molar-refractivity contribution is 7.13. The molecule has 1 aromatic heterocycles. The Bertz CT molecular complexity index is 305. The minimum atomic E-state index is 0.413. The van der Waals surface area contributed by atoms with Gasteiger partial charge in [-0.2, -0.15) is 0 Å². The molecule has 2 rings (SSSR count). The average molecular weight is 225 g/mol. The number of nitrogens with one attached hydrogen (secondary N) is 1. The van der Waals surface area contributed by atoms with Gasteiger partial charge in [0.25, 0.3) is 0 Å². The molecule has 2 heterocycles. The molecule has 1 fully saturated rings. The van der Waals surface area contributed by atoms with Gasteiger partial charge in [0.15, 0.2) is 5.13 Å². The number of aryl methyl sites for hydroxylation is 1. The highest BCUT2D eigenvalue weighted by Gasteiger charge is 2.16. The van der Waals surface area contributed by atoms with Crippen molar-refractivity contribution >= 4 is 16.5 Å². The first-order valence-electron chi connectivity index (χ1n) is 5.68. The third kappa shape index (κ3) is 2.92. The molecule has 1 aromatic rings. The van der Waals surface area contributed by atoms with Gasteiger partial charge in [-0.3, -0.25) is 4.90 Å². The van der Waals surface area contributed by atoms with E-state index in [0.29, 0.717) is 6.17 Å². The zero-order valence-electron chi connectivity index (χ0n) is 9.49. The van der Waals surface area contributed by atoms with Crippen molar-refractivity contribution in [3.8, 4) is 0 Å². The predicted octanol–water partition coefficient (Wildman–Crippen LogP) is 2.70. The molecule has 0 radical (unpaired) electrons. The second-order valence-corrected chi connectivity index (χ2v) is 5.07. The van der Waals surface area contributed by atoms with Crippen LogP contribution in [-0.4, -0.2) is 29.1 Å². The van der Waals surface area contributed by atoms with Gasteiger partial charge in [0, 0.05) is 18.5 Å². The number of hydrogen-bond donors (Lipinski definition) is 1. The third-order valence-electron chi connectivity index (χ3n) is 2.89. The Hall–Kier alpha value is -0.610. The lowest BCUT2D eigenvalue weighted by Crippen LogP contribution is -2.41. The Morgan fingerprint density at radius 2 is 2.13 bits per heavy atom. The normalized spacial score (nSPS) is 20.1. The van der Waals surface area contributed by atoms with Crippen LogP contribution < -0.4 is 5.32 Å². The van der Waals surface area contributed by atoms with Crippen LogP contribution >= 0.6 is 11.3 Å². The lowest BCUT2D eigenvalue weighted by molar-refractivity contribution is 0.190. The zero-order valence-corrected chi connectivity index (χ0v) is 10.3. The monoisotopic (exact) mass is 225 g/mol. The van der Waals surface area contributed by atoms with Crippen LogP contribution in [0.25, 0.3) is 0 Å². The van der Waals surface area contributed by atoms with Gasteiger partial charge in [-0.1, -0.05) is 6.42 Å². The summed E-state index contributed by atoms with van der Waals surface area (Å²) in [5, 5.41) is 6.60. The number of anilines is 1. The molecular weight excluding hydrogens is 206 g/mol. The van der Waals surface area contributed by atoms with E-state index in [2.05, 4.69) is 27.5 Å². The number of piperidine rings is 1. The first kappa shape index (κ1) is 10.9. The lowest BCUT2D eigenvalue weighted by atomic mass is 10.1. The summed E-state index contributed by atoms with van der Waals surface area (Å²) in [6, 6.07) is 0. The van der Waals surface area contributed by atoms with E-state index < -0.39 is 0 Å². The molecule has 3 nitrogen and oxygen atoms in total. The van der Waals surface area contributed by atoms with E-state index >= 15 is 0 Å². The maximum atomic E-state index is 4.43. The van der Waals surface area contributed by atoms with Crippen LogP contribution in [0, 0.1) is 6.92 Å². The molecule has 84 valence electrons. The molecule has 1 N–H and O–H groups in total. The van der Waals surface area contributed by atoms with Crippen molar-refractivity contribution < 1.29 is 0 Å². The largest absolute Gasteiger partial charge is 0.346 e. The first-order valence-corrected chi connectivity index (χ1v) is 6.56. The highest BCUT2D eigenvalue weighted by Crippen LogP contribution is 2.18. The molecule has 0 amide bonds. The third-order valence-corrected chi connectivity index (χ3v) is 3.78. The second-order valence-electron chi connectivity index (χ2n) is 4.21. The molecule has 0 bridgehead atoms. The van der Waals surface area contributed by atoms with E-state index in [1.54, 1.807) is 11.3 Å². The van der Waals surface area contributed by atoms with E-state index in [0.717, 1.165) is 10.8 Å². The van der Waals surface area contributed by atoms with Gasteiger partial charge in [-0.15, -0.1) is 11.3 Å². The van der Waals surface area contributed by atoms with Crippen molar-refractivity contribution in [2.75, 3.05) is 18.4 Å². The van der Waals surface area contributed by atoms with Gasteiger partial charge in [0.2, 0.25) is 0 Å². The molecule has 1 saturated heterocycles. The van der Waals surface area contributed by atoms with Crippen molar-refractivity contribution in [3.05, 3.63) is 11.1 Å². The summed E-state index contributed by atoms with van der Waals surface area (Å²) < 4.78 is 0. The fraction of sp³-hybridized carbons (Fsp3) is 0.727. The Kier molecular flexibility index (Phi) is 3.59.